The first-order chi connectivity index (χ1) is 8.31. The third-order valence-electron chi connectivity index (χ3n) is 3.79. The Labute approximate surface area is 124 Å². The smallest absolute Gasteiger partial charge is 0.222 e. The Morgan fingerprint density at radius 1 is 1.37 bits per heavy atom. The monoisotopic (exact) mass is 290 g/mol. The molecule has 1 saturated heterocycles. The van der Waals surface area contributed by atoms with Crippen LogP contribution in [0.15, 0.2) is 0 Å². The van der Waals surface area contributed by atoms with Crippen LogP contribution in [0.2, 0.25) is 0 Å². The number of piperidine rings is 1. The van der Waals surface area contributed by atoms with Crippen LogP contribution in [0.4, 0.5) is 0 Å². The second-order valence-corrected chi connectivity index (χ2v) is 6.92. The molecule has 0 saturated carbocycles. The van der Waals surface area contributed by atoms with Crippen LogP contribution in [0.3, 0.4) is 0 Å². The number of nitrogens with zero attached hydrogens (tertiary/aromatic N) is 1. The fourth-order valence-electron chi connectivity index (χ4n) is 2.73. The van der Waals surface area contributed by atoms with Crippen molar-refractivity contribution < 1.29 is 4.79 Å². The Morgan fingerprint density at radius 2 is 2.00 bits per heavy atom. The highest BCUT2D eigenvalue weighted by Gasteiger charge is 2.28. The average molecular weight is 291 g/mol. The second-order valence-electron chi connectivity index (χ2n) is 6.92. The lowest BCUT2D eigenvalue weighted by atomic mass is 9.89. The van der Waals surface area contributed by atoms with Crippen LogP contribution in [-0.2, 0) is 4.79 Å². The molecule has 1 rings (SSSR count). The van der Waals surface area contributed by atoms with E-state index in [4.69, 9.17) is 5.73 Å². The quantitative estimate of drug-likeness (QED) is 0.863. The van der Waals surface area contributed by atoms with Gasteiger partial charge in [-0.25, -0.2) is 0 Å². The minimum absolute atomic E-state index is 0. The minimum Gasteiger partial charge on any atom is -0.338 e. The van der Waals surface area contributed by atoms with Crippen LogP contribution in [0.25, 0.3) is 0 Å². The summed E-state index contributed by atoms with van der Waals surface area (Å²) in [6, 6.07) is 0.359. The molecule has 1 fully saturated rings. The van der Waals surface area contributed by atoms with E-state index in [9.17, 15) is 4.79 Å². The zero-order chi connectivity index (χ0) is 13.8. The molecule has 0 aromatic rings. The van der Waals surface area contributed by atoms with Gasteiger partial charge in [-0.2, -0.15) is 0 Å². The van der Waals surface area contributed by atoms with Crippen LogP contribution in [-0.4, -0.2) is 29.4 Å². The summed E-state index contributed by atoms with van der Waals surface area (Å²) >= 11 is 0. The van der Waals surface area contributed by atoms with Gasteiger partial charge >= 0.3 is 0 Å². The molecule has 2 unspecified atom stereocenters. The van der Waals surface area contributed by atoms with E-state index in [1.807, 2.05) is 11.8 Å². The molecule has 114 valence electrons. The molecule has 0 radical (unpaired) electrons. The molecule has 1 amide bonds. The van der Waals surface area contributed by atoms with Crippen molar-refractivity contribution in [3.05, 3.63) is 0 Å². The topological polar surface area (TPSA) is 46.3 Å². The van der Waals surface area contributed by atoms with Gasteiger partial charge in [0.05, 0.1) is 0 Å². The molecule has 0 aromatic carbocycles. The number of amides is 1. The van der Waals surface area contributed by atoms with Crippen LogP contribution >= 0.6 is 12.4 Å². The summed E-state index contributed by atoms with van der Waals surface area (Å²) in [5, 5.41) is 0. The number of hydrogen-bond donors (Lipinski definition) is 1. The largest absolute Gasteiger partial charge is 0.338 e. The molecule has 0 aliphatic carbocycles. The summed E-state index contributed by atoms with van der Waals surface area (Å²) in [7, 11) is 0. The van der Waals surface area contributed by atoms with Gasteiger partial charge in [-0.3, -0.25) is 4.79 Å². The van der Waals surface area contributed by atoms with Crippen molar-refractivity contribution in [2.75, 3.05) is 6.54 Å². The van der Waals surface area contributed by atoms with Crippen molar-refractivity contribution in [2.45, 2.75) is 78.3 Å². The molecule has 0 spiro atoms. The number of rotatable bonds is 4. The standard InChI is InChI=1S/C15H30N2O.ClH/c1-12(16)13-8-5-6-11-17(13)14(18)9-7-10-15(2,3)4;/h12-13H,5-11,16H2,1-4H3;1H. The average Bonchev–Trinajstić information content (AvgIpc) is 2.27. The van der Waals surface area contributed by atoms with Gasteiger partial charge in [0, 0.05) is 25.0 Å². The number of likely N-dealkylation sites (tertiary alicyclic amines) is 1. The van der Waals surface area contributed by atoms with E-state index >= 15 is 0 Å². The second kappa shape index (κ2) is 8.11. The van der Waals surface area contributed by atoms with Crippen molar-refractivity contribution in [3.8, 4) is 0 Å². The van der Waals surface area contributed by atoms with E-state index in [0.717, 1.165) is 32.2 Å². The van der Waals surface area contributed by atoms with E-state index in [-0.39, 0.29) is 24.5 Å². The van der Waals surface area contributed by atoms with E-state index in [1.165, 1.54) is 6.42 Å². The number of carbonyl (C=O) groups excluding carboxylic acids is 1. The zero-order valence-corrected chi connectivity index (χ0v) is 13.8. The molecular weight excluding hydrogens is 260 g/mol. The predicted molar refractivity (Wildman–Crippen MR) is 83.6 cm³/mol. The lowest BCUT2D eigenvalue weighted by molar-refractivity contribution is -0.135. The lowest BCUT2D eigenvalue weighted by Crippen LogP contribution is -2.51. The van der Waals surface area contributed by atoms with Crippen LogP contribution in [0.5, 0.6) is 0 Å². The molecule has 0 aromatic heterocycles. The third kappa shape index (κ3) is 6.62. The summed E-state index contributed by atoms with van der Waals surface area (Å²) in [4.78, 5) is 14.3. The predicted octanol–water partition coefficient (Wildman–Crippen LogP) is 3.35. The van der Waals surface area contributed by atoms with Crippen molar-refractivity contribution in [1.82, 2.24) is 4.90 Å². The van der Waals surface area contributed by atoms with Gasteiger partial charge in [0.2, 0.25) is 5.91 Å². The molecule has 4 heteroatoms. The molecular formula is C15H31ClN2O. The molecule has 19 heavy (non-hydrogen) atoms. The van der Waals surface area contributed by atoms with Gasteiger partial charge < -0.3 is 10.6 Å². The fourth-order valence-corrected chi connectivity index (χ4v) is 2.73. The SMILES string of the molecule is CC(N)C1CCCCN1C(=O)CCCC(C)(C)C.Cl. The van der Waals surface area contributed by atoms with E-state index < -0.39 is 0 Å². The van der Waals surface area contributed by atoms with E-state index in [0.29, 0.717) is 17.7 Å². The fraction of sp³-hybridized carbons (Fsp3) is 0.933. The molecule has 1 aliphatic rings. The van der Waals surface area contributed by atoms with Gasteiger partial charge in [-0.1, -0.05) is 20.8 Å². The molecule has 2 atom stereocenters. The minimum atomic E-state index is 0. The normalized spacial score (nSPS) is 21.7. The molecule has 0 bridgehead atoms. The number of nitrogens with two attached hydrogens (primary N) is 1. The first-order valence-corrected chi connectivity index (χ1v) is 7.36. The summed E-state index contributed by atoms with van der Waals surface area (Å²) in [5.41, 5.74) is 6.32. The summed E-state index contributed by atoms with van der Waals surface area (Å²) < 4.78 is 0. The van der Waals surface area contributed by atoms with Gasteiger partial charge in [0.25, 0.3) is 0 Å². The van der Waals surface area contributed by atoms with E-state index in [1.54, 1.807) is 0 Å². The van der Waals surface area contributed by atoms with Crippen molar-refractivity contribution in [2.24, 2.45) is 11.1 Å². The highest BCUT2D eigenvalue weighted by Crippen LogP contribution is 2.24. The van der Waals surface area contributed by atoms with Crippen molar-refractivity contribution in [1.29, 1.82) is 0 Å². The van der Waals surface area contributed by atoms with Gasteiger partial charge in [0.15, 0.2) is 0 Å². The Hall–Kier alpha value is -0.280. The van der Waals surface area contributed by atoms with Crippen LogP contribution < -0.4 is 5.73 Å². The van der Waals surface area contributed by atoms with Crippen LogP contribution in [0, 0.1) is 5.41 Å². The maximum absolute atomic E-state index is 12.3. The Balaban J connectivity index is 0.00000324. The Kier molecular flexibility index (Phi) is 7.99. The van der Waals surface area contributed by atoms with Crippen LogP contribution in [0.1, 0.15) is 66.2 Å². The molecule has 2 N–H and O–H groups in total. The first kappa shape index (κ1) is 18.7. The van der Waals surface area contributed by atoms with Gasteiger partial charge in [-0.15, -0.1) is 12.4 Å². The summed E-state index contributed by atoms with van der Waals surface area (Å²) in [5.74, 6) is 0.307. The highest BCUT2D eigenvalue weighted by atomic mass is 35.5. The van der Waals surface area contributed by atoms with Gasteiger partial charge in [0.1, 0.15) is 0 Å². The van der Waals surface area contributed by atoms with Crippen molar-refractivity contribution in [3.63, 3.8) is 0 Å². The summed E-state index contributed by atoms with van der Waals surface area (Å²) in [6.45, 7) is 9.60. The number of carbonyl (C=O) groups is 1. The Bertz CT molecular complexity index is 274. The number of halogens is 1. The summed E-state index contributed by atoms with van der Waals surface area (Å²) in [6.07, 6.45) is 6.19. The highest BCUT2D eigenvalue weighted by molar-refractivity contribution is 5.85. The maximum atomic E-state index is 12.3. The van der Waals surface area contributed by atoms with Gasteiger partial charge in [-0.05, 0) is 44.4 Å². The van der Waals surface area contributed by atoms with E-state index in [2.05, 4.69) is 20.8 Å². The zero-order valence-electron chi connectivity index (χ0n) is 12.9. The molecule has 3 nitrogen and oxygen atoms in total. The maximum Gasteiger partial charge on any atom is 0.222 e. The Morgan fingerprint density at radius 3 is 2.53 bits per heavy atom. The lowest BCUT2D eigenvalue weighted by Gasteiger charge is -2.38. The number of hydrogen-bond acceptors (Lipinski definition) is 2. The van der Waals surface area contributed by atoms with Crippen molar-refractivity contribution >= 4 is 18.3 Å². The molecule has 1 heterocycles. The first-order valence-electron chi connectivity index (χ1n) is 7.36. The molecule has 1 aliphatic heterocycles. The third-order valence-corrected chi connectivity index (χ3v) is 3.79.